The number of hydrogen-bond donors (Lipinski definition) is 2. The van der Waals surface area contributed by atoms with Gasteiger partial charge in [-0.05, 0) is 13.0 Å². The van der Waals surface area contributed by atoms with E-state index in [9.17, 15) is 4.79 Å². The Hall–Kier alpha value is -2.30. The summed E-state index contributed by atoms with van der Waals surface area (Å²) in [5, 5.41) is 7.67. The van der Waals surface area contributed by atoms with Crippen molar-refractivity contribution in [2.75, 3.05) is 20.2 Å². The van der Waals surface area contributed by atoms with E-state index in [2.05, 4.69) is 15.4 Å². The van der Waals surface area contributed by atoms with Crippen molar-refractivity contribution in [3.8, 4) is 5.75 Å². The minimum Gasteiger partial charge on any atom is -0.493 e. The van der Waals surface area contributed by atoms with E-state index in [4.69, 9.17) is 10.5 Å². The maximum absolute atomic E-state index is 12.4. The molecule has 30 heavy (non-hydrogen) atoms. The van der Waals surface area contributed by atoms with E-state index < -0.39 is 0 Å². The number of ether oxygens (including phenoxy) is 1. The van der Waals surface area contributed by atoms with Crippen LogP contribution in [0.1, 0.15) is 41.7 Å². The number of amides is 1. The predicted molar refractivity (Wildman–Crippen MR) is 126 cm³/mol. The molecule has 0 radical (unpaired) electrons. The number of nitrogens with zero attached hydrogens (tertiary/aromatic N) is 4. The van der Waals surface area contributed by atoms with Crippen LogP contribution in [0.25, 0.3) is 0 Å². The van der Waals surface area contributed by atoms with Gasteiger partial charge in [0.25, 0.3) is 0 Å². The molecule has 1 amide bonds. The summed E-state index contributed by atoms with van der Waals surface area (Å²) in [6.07, 6.45) is 3.15. The molecule has 9 heteroatoms. The number of halogens is 1. The minimum atomic E-state index is -0.0310. The van der Waals surface area contributed by atoms with Gasteiger partial charge in [0.2, 0.25) is 5.91 Å². The molecular formula is C21H29IN6O2. The maximum Gasteiger partial charge on any atom is 0.223 e. The number of nitrogens with one attached hydrogen (secondary N) is 1. The molecule has 2 aliphatic heterocycles. The van der Waals surface area contributed by atoms with E-state index in [1.54, 1.807) is 0 Å². The van der Waals surface area contributed by atoms with Crippen molar-refractivity contribution in [3.63, 3.8) is 0 Å². The molecule has 3 heterocycles. The van der Waals surface area contributed by atoms with Crippen LogP contribution in [0.5, 0.6) is 5.75 Å². The Kier molecular flexibility index (Phi) is 6.89. The summed E-state index contributed by atoms with van der Waals surface area (Å²) in [5.74, 6) is 1.48. The van der Waals surface area contributed by atoms with Crippen molar-refractivity contribution in [3.05, 3.63) is 47.3 Å². The summed E-state index contributed by atoms with van der Waals surface area (Å²) < 4.78 is 7.54. The standard InChI is InChI=1S/C21H28N6O2.HI/c1-13-16(12-24-27(13)3)20-14(10-19(28)26(20)2)11-23-21(22)25-17-8-9-29-18-7-5-4-6-15(17)18;/h4-7,12,14,17,20H,8-11H2,1-3H3,(H3,22,23,25);1H/t14-,17?,20+;/m0./s1. The van der Waals surface area contributed by atoms with Crippen LogP contribution >= 0.6 is 24.0 Å². The predicted octanol–water partition coefficient (Wildman–Crippen LogP) is 2.29. The molecule has 2 aliphatic rings. The van der Waals surface area contributed by atoms with Crippen molar-refractivity contribution in [2.45, 2.75) is 31.8 Å². The Labute approximate surface area is 193 Å². The van der Waals surface area contributed by atoms with Gasteiger partial charge in [0.15, 0.2) is 5.96 Å². The zero-order valence-electron chi connectivity index (χ0n) is 17.5. The van der Waals surface area contributed by atoms with Gasteiger partial charge in [0, 0.05) is 56.2 Å². The highest BCUT2D eigenvalue weighted by Gasteiger charge is 2.39. The Balaban J connectivity index is 0.00000256. The zero-order valence-corrected chi connectivity index (χ0v) is 19.9. The second kappa shape index (κ2) is 9.23. The van der Waals surface area contributed by atoms with Crippen LogP contribution in [0, 0.1) is 12.8 Å². The van der Waals surface area contributed by atoms with Crippen LogP contribution in [0.15, 0.2) is 35.5 Å². The van der Waals surface area contributed by atoms with Crippen LogP contribution in [0.4, 0.5) is 0 Å². The molecular weight excluding hydrogens is 495 g/mol. The van der Waals surface area contributed by atoms with Crippen molar-refractivity contribution >= 4 is 35.8 Å². The number of rotatable bonds is 4. The molecule has 0 aliphatic carbocycles. The molecule has 0 saturated carbocycles. The quantitative estimate of drug-likeness (QED) is 0.364. The van der Waals surface area contributed by atoms with Crippen molar-refractivity contribution in [2.24, 2.45) is 23.7 Å². The third-order valence-corrected chi connectivity index (χ3v) is 6.06. The lowest BCUT2D eigenvalue weighted by atomic mass is 9.94. The molecule has 162 valence electrons. The largest absolute Gasteiger partial charge is 0.493 e. The van der Waals surface area contributed by atoms with Gasteiger partial charge in [-0.2, -0.15) is 5.10 Å². The third kappa shape index (κ3) is 4.26. The summed E-state index contributed by atoms with van der Waals surface area (Å²) in [5.41, 5.74) is 9.44. The Morgan fingerprint density at radius 1 is 1.33 bits per heavy atom. The van der Waals surface area contributed by atoms with Crippen molar-refractivity contribution < 1.29 is 9.53 Å². The number of hydrogen-bond acceptors (Lipinski definition) is 4. The van der Waals surface area contributed by atoms with Gasteiger partial charge < -0.3 is 20.7 Å². The molecule has 1 unspecified atom stereocenters. The fourth-order valence-corrected chi connectivity index (χ4v) is 4.32. The van der Waals surface area contributed by atoms with Crippen LogP contribution < -0.4 is 15.8 Å². The number of nitrogens with two attached hydrogens (primary N) is 1. The molecule has 0 bridgehead atoms. The van der Waals surface area contributed by atoms with E-state index >= 15 is 0 Å². The van der Waals surface area contributed by atoms with Crippen LogP contribution in [0.3, 0.4) is 0 Å². The van der Waals surface area contributed by atoms with Gasteiger partial charge in [0.1, 0.15) is 5.75 Å². The third-order valence-electron chi connectivity index (χ3n) is 6.06. The van der Waals surface area contributed by atoms with Crippen LogP contribution in [-0.4, -0.2) is 46.7 Å². The van der Waals surface area contributed by atoms with Gasteiger partial charge >= 0.3 is 0 Å². The summed E-state index contributed by atoms with van der Waals surface area (Å²) in [6.45, 7) is 3.16. The fourth-order valence-electron chi connectivity index (χ4n) is 4.32. The number of para-hydroxylation sites is 1. The van der Waals surface area contributed by atoms with E-state index in [1.165, 1.54) is 0 Å². The van der Waals surface area contributed by atoms with E-state index in [1.807, 2.05) is 61.1 Å². The Morgan fingerprint density at radius 2 is 2.10 bits per heavy atom. The maximum atomic E-state index is 12.4. The average molecular weight is 524 g/mol. The topological polar surface area (TPSA) is 97.8 Å². The number of likely N-dealkylation sites (tertiary alicyclic amines) is 1. The Morgan fingerprint density at radius 3 is 2.83 bits per heavy atom. The highest BCUT2D eigenvalue weighted by molar-refractivity contribution is 14.0. The van der Waals surface area contributed by atoms with Gasteiger partial charge in [-0.1, -0.05) is 18.2 Å². The van der Waals surface area contributed by atoms with Gasteiger partial charge in [0.05, 0.1) is 24.9 Å². The lowest BCUT2D eigenvalue weighted by Crippen LogP contribution is -2.37. The normalized spacial score (nSPS) is 23.6. The molecule has 1 fully saturated rings. The van der Waals surface area contributed by atoms with Crippen molar-refractivity contribution in [1.29, 1.82) is 0 Å². The fraction of sp³-hybridized carbons (Fsp3) is 0.476. The lowest BCUT2D eigenvalue weighted by molar-refractivity contribution is -0.127. The molecule has 0 spiro atoms. The first-order valence-electron chi connectivity index (χ1n) is 9.98. The minimum absolute atomic E-state index is 0. The zero-order chi connectivity index (χ0) is 20.5. The number of guanidine groups is 1. The van der Waals surface area contributed by atoms with Crippen molar-refractivity contribution in [1.82, 2.24) is 20.0 Å². The number of carbonyl (C=O) groups is 1. The molecule has 3 atom stereocenters. The summed E-state index contributed by atoms with van der Waals surface area (Å²) in [4.78, 5) is 18.8. The number of carbonyl (C=O) groups excluding carboxylic acids is 1. The van der Waals surface area contributed by atoms with E-state index in [-0.39, 0.29) is 47.9 Å². The summed E-state index contributed by atoms with van der Waals surface area (Å²) in [7, 11) is 3.76. The lowest BCUT2D eigenvalue weighted by Gasteiger charge is -2.27. The number of aryl methyl sites for hydroxylation is 1. The highest BCUT2D eigenvalue weighted by Crippen LogP contribution is 2.38. The molecule has 8 nitrogen and oxygen atoms in total. The smallest absolute Gasteiger partial charge is 0.223 e. The van der Waals surface area contributed by atoms with Gasteiger partial charge in [-0.3, -0.25) is 14.5 Å². The molecule has 4 rings (SSSR count). The molecule has 2 aromatic rings. The summed E-state index contributed by atoms with van der Waals surface area (Å²) in [6, 6.07) is 8.02. The monoisotopic (exact) mass is 524 g/mol. The number of aliphatic imine (C=N–C) groups is 1. The molecule has 3 N–H and O–H groups in total. The van der Waals surface area contributed by atoms with Crippen LogP contribution in [-0.2, 0) is 11.8 Å². The first-order chi connectivity index (χ1) is 14.0. The van der Waals surface area contributed by atoms with E-state index in [0.717, 1.165) is 29.0 Å². The molecule has 1 saturated heterocycles. The van der Waals surface area contributed by atoms with Crippen LogP contribution in [0.2, 0.25) is 0 Å². The molecule has 1 aromatic carbocycles. The summed E-state index contributed by atoms with van der Waals surface area (Å²) >= 11 is 0. The Bertz CT molecular complexity index is 943. The van der Waals surface area contributed by atoms with Gasteiger partial charge in [-0.25, -0.2) is 0 Å². The highest BCUT2D eigenvalue weighted by atomic mass is 127. The SMILES string of the molecule is Cc1c([C@H]2[C@H](CN=C(N)NC3CCOc4ccccc43)CC(=O)N2C)cnn1C.I. The second-order valence-electron chi connectivity index (χ2n) is 7.82. The number of aromatic nitrogens is 2. The average Bonchev–Trinajstić information content (AvgIpc) is 3.19. The number of fused-ring (bicyclic) bond motifs is 1. The van der Waals surface area contributed by atoms with Gasteiger partial charge in [-0.15, -0.1) is 24.0 Å². The molecule has 1 aromatic heterocycles. The first kappa shape index (κ1) is 22.4. The second-order valence-corrected chi connectivity index (χ2v) is 7.82. The van der Waals surface area contributed by atoms with E-state index in [0.29, 0.717) is 25.5 Å². The first-order valence-corrected chi connectivity index (χ1v) is 9.98. The number of benzene rings is 1.